The average molecular weight is 597 g/mol. The fraction of sp³-hybridized carbons (Fsp3) is 0.259. The molecule has 1 heterocycles. The number of phenolic OH excluding ortho intramolecular Hbond substituents is 1. The minimum Gasteiger partial charge on any atom is -0.505 e. The number of carbonyl (C=O) groups is 1. The van der Waals surface area contributed by atoms with Crippen molar-refractivity contribution < 1.29 is 19.4 Å². The van der Waals surface area contributed by atoms with Gasteiger partial charge in [0.1, 0.15) is 11.6 Å². The summed E-state index contributed by atoms with van der Waals surface area (Å²) in [6, 6.07) is 13.7. The molecule has 3 aromatic carbocycles. The molecule has 1 atom stereocenters. The number of oxazole rings is 1. The summed E-state index contributed by atoms with van der Waals surface area (Å²) in [6.07, 6.45) is 0.223. The number of phenols is 1. The number of nitrogens with two attached hydrogens (primary N) is 1. The van der Waals surface area contributed by atoms with Crippen molar-refractivity contribution in [3.8, 4) is 17.2 Å². The Hall–Kier alpha value is -2.68. The highest BCUT2D eigenvalue weighted by Gasteiger charge is 2.22. The van der Waals surface area contributed by atoms with Gasteiger partial charge in [0.25, 0.3) is 0 Å². The summed E-state index contributed by atoms with van der Waals surface area (Å²) >= 11 is 24.4. The third-order valence-electron chi connectivity index (χ3n) is 6.20. The first-order chi connectivity index (χ1) is 18.2. The Kier molecular flexibility index (Phi) is 9.28. The summed E-state index contributed by atoms with van der Waals surface area (Å²) in [7, 11) is 0. The number of para-hydroxylation sites is 1. The van der Waals surface area contributed by atoms with E-state index in [1.54, 1.807) is 0 Å². The highest BCUT2D eigenvalue weighted by molar-refractivity contribution is 6.37. The highest BCUT2D eigenvalue weighted by atomic mass is 35.5. The Morgan fingerprint density at radius 1 is 1.05 bits per heavy atom. The number of aliphatic carboxylic acids is 1. The number of aromatic nitrogens is 1. The van der Waals surface area contributed by atoms with Gasteiger partial charge in [-0.25, -0.2) is 4.98 Å². The van der Waals surface area contributed by atoms with Crippen molar-refractivity contribution >= 4 is 69.2 Å². The number of halogens is 4. The fourth-order valence-electron chi connectivity index (χ4n) is 4.24. The Morgan fingerprint density at radius 2 is 1.74 bits per heavy atom. The van der Waals surface area contributed by atoms with E-state index in [0.29, 0.717) is 53.0 Å². The normalized spacial score (nSPS) is 12.1. The first kappa shape index (κ1) is 28.3. The van der Waals surface area contributed by atoms with Crippen molar-refractivity contribution in [2.24, 2.45) is 5.73 Å². The maximum atomic E-state index is 11.4. The summed E-state index contributed by atoms with van der Waals surface area (Å²) in [5, 5.41) is 19.7. The first-order valence-electron chi connectivity index (χ1n) is 11.8. The molecular weight excluding hydrogens is 572 g/mol. The number of rotatable bonds is 11. The highest BCUT2D eigenvalue weighted by Crippen LogP contribution is 2.39. The number of benzene rings is 3. The number of nitrogens with zero attached hydrogens (tertiary/aromatic N) is 2. The van der Waals surface area contributed by atoms with Gasteiger partial charge in [-0.15, -0.1) is 23.2 Å². The molecule has 4 N–H and O–H groups in total. The van der Waals surface area contributed by atoms with E-state index in [1.165, 1.54) is 6.07 Å². The van der Waals surface area contributed by atoms with Crippen molar-refractivity contribution in [3.05, 3.63) is 75.3 Å². The van der Waals surface area contributed by atoms with Crippen molar-refractivity contribution in [1.29, 1.82) is 0 Å². The van der Waals surface area contributed by atoms with Gasteiger partial charge in [0, 0.05) is 48.1 Å². The molecule has 0 saturated heterocycles. The molecule has 200 valence electrons. The quantitative estimate of drug-likeness (QED) is 0.173. The van der Waals surface area contributed by atoms with E-state index >= 15 is 0 Å². The number of carboxylic acid groups (broad SMARTS) is 1. The predicted molar refractivity (Wildman–Crippen MR) is 153 cm³/mol. The zero-order valence-corrected chi connectivity index (χ0v) is 23.2. The molecule has 4 rings (SSSR count). The van der Waals surface area contributed by atoms with Gasteiger partial charge in [-0.1, -0.05) is 35.3 Å². The molecule has 0 aliphatic carbocycles. The largest absolute Gasteiger partial charge is 0.505 e. The van der Waals surface area contributed by atoms with Crippen molar-refractivity contribution in [2.75, 3.05) is 29.7 Å². The Morgan fingerprint density at radius 3 is 2.37 bits per heavy atom. The van der Waals surface area contributed by atoms with Crippen LogP contribution in [0, 0.1) is 0 Å². The van der Waals surface area contributed by atoms with Gasteiger partial charge in [-0.3, -0.25) is 4.79 Å². The maximum Gasteiger partial charge on any atom is 0.320 e. The minimum atomic E-state index is -1.16. The lowest BCUT2D eigenvalue weighted by molar-refractivity contribution is -0.138. The number of carboxylic acids is 1. The first-order valence-corrected chi connectivity index (χ1v) is 13.6. The van der Waals surface area contributed by atoms with Crippen LogP contribution in [-0.2, 0) is 17.6 Å². The van der Waals surface area contributed by atoms with E-state index in [4.69, 9.17) is 56.6 Å². The number of anilines is 1. The zero-order valence-electron chi connectivity index (χ0n) is 20.1. The average Bonchev–Trinajstić information content (AvgIpc) is 3.35. The van der Waals surface area contributed by atoms with Crippen molar-refractivity contribution in [1.82, 2.24) is 4.98 Å². The standard InChI is InChI=1S/C27H25Cl4N3O4/c28-8-10-34(11-9-29)18-6-4-15(5-7-18)26-33-22-3-1-2-16(25(22)38-26)12-19-17(14-21(32)27(36)37)13-20(30)24(35)23(19)31/h1-7,13,21,35H,8-12,14,32H2,(H,36,37)/t21-/m0/s1. The number of aromatic hydroxyl groups is 1. The Balaban J connectivity index is 1.69. The summed E-state index contributed by atoms with van der Waals surface area (Å²) < 4.78 is 6.19. The molecule has 1 aromatic heterocycles. The van der Waals surface area contributed by atoms with E-state index in [-0.39, 0.29) is 28.6 Å². The molecule has 0 saturated carbocycles. The van der Waals surface area contributed by atoms with E-state index in [9.17, 15) is 15.0 Å². The monoisotopic (exact) mass is 595 g/mol. The Bertz CT molecular complexity index is 1440. The van der Waals surface area contributed by atoms with Crippen LogP contribution in [0.5, 0.6) is 5.75 Å². The van der Waals surface area contributed by atoms with E-state index < -0.39 is 12.0 Å². The van der Waals surface area contributed by atoms with Crippen LogP contribution in [0.4, 0.5) is 5.69 Å². The second-order valence-corrected chi connectivity index (χ2v) is 10.2. The van der Waals surface area contributed by atoms with Crippen LogP contribution in [0.15, 0.2) is 52.9 Å². The lowest BCUT2D eigenvalue weighted by Gasteiger charge is -2.22. The molecule has 0 spiro atoms. The van der Waals surface area contributed by atoms with Gasteiger partial charge in [0.15, 0.2) is 11.3 Å². The van der Waals surface area contributed by atoms with E-state index in [2.05, 4.69) is 9.88 Å². The van der Waals surface area contributed by atoms with Crippen LogP contribution in [0.3, 0.4) is 0 Å². The predicted octanol–water partition coefficient (Wildman–Crippen LogP) is 6.34. The lowest BCUT2D eigenvalue weighted by atomic mass is 9.94. The van der Waals surface area contributed by atoms with Gasteiger partial charge in [0.2, 0.25) is 5.89 Å². The lowest BCUT2D eigenvalue weighted by Crippen LogP contribution is -2.32. The maximum absolute atomic E-state index is 11.4. The van der Waals surface area contributed by atoms with Gasteiger partial charge >= 0.3 is 5.97 Å². The molecule has 0 radical (unpaired) electrons. The third kappa shape index (κ3) is 6.14. The van der Waals surface area contributed by atoms with E-state index in [1.807, 2.05) is 42.5 Å². The number of hydrogen-bond acceptors (Lipinski definition) is 6. The number of hydrogen-bond donors (Lipinski definition) is 3. The van der Waals surface area contributed by atoms with Crippen LogP contribution in [0.2, 0.25) is 10.0 Å². The molecule has 0 amide bonds. The summed E-state index contributed by atoms with van der Waals surface area (Å²) in [4.78, 5) is 18.1. The molecule has 0 aliphatic rings. The molecule has 0 fully saturated rings. The molecule has 11 heteroatoms. The molecular formula is C27H25Cl4N3O4. The van der Waals surface area contributed by atoms with Crippen LogP contribution in [0.1, 0.15) is 16.7 Å². The second-order valence-electron chi connectivity index (χ2n) is 8.68. The minimum absolute atomic E-state index is 0.0151. The molecule has 7 nitrogen and oxygen atoms in total. The molecule has 0 aliphatic heterocycles. The second kappa shape index (κ2) is 12.5. The molecule has 0 bridgehead atoms. The zero-order chi connectivity index (χ0) is 27.4. The SMILES string of the molecule is N[C@@H](Cc1cc(Cl)c(O)c(Cl)c1Cc1cccc2nc(-c3ccc(N(CCCl)CCCl)cc3)oc12)C(=O)O. The van der Waals surface area contributed by atoms with E-state index in [0.717, 1.165) is 16.8 Å². The van der Waals surface area contributed by atoms with Crippen LogP contribution in [0.25, 0.3) is 22.6 Å². The fourth-order valence-corrected chi connectivity index (χ4v) is 5.22. The molecule has 4 aromatic rings. The van der Waals surface area contributed by atoms with Gasteiger partial charge < -0.3 is 25.3 Å². The molecule has 38 heavy (non-hydrogen) atoms. The van der Waals surface area contributed by atoms with Gasteiger partial charge in [-0.2, -0.15) is 0 Å². The molecule has 0 unspecified atom stereocenters. The topological polar surface area (TPSA) is 113 Å². The summed E-state index contributed by atoms with van der Waals surface area (Å²) in [6.45, 7) is 1.37. The van der Waals surface area contributed by atoms with Crippen molar-refractivity contribution in [2.45, 2.75) is 18.9 Å². The number of fused-ring (bicyclic) bond motifs is 1. The van der Waals surface area contributed by atoms with Gasteiger partial charge in [-0.05, 0) is 53.9 Å². The van der Waals surface area contributed by atoms with Crippen molar-refractivity contribution in [3.63, 3.8) is 0 Å². The van der Waals surface area contributed by atoms with Crippen LogP contribution >= 0.6 is 46.4 Å². The summed E-state index contributed by atoms with van der Waals surface area (Å²) in [5.41, 5.74) is 10.6. The van der Waals surface area contributed by atoms with Gasteiger partial charge in [0.05, 0.1) is 10.0 Å². The third-order valence-corrected chi connectivity index (χ3v) is 7.23. The van der Waals surface area contributed by atoms with Crippen LogP contribution < -0.4 is 10.6 Å². The number of alkyl halides is 2. The van der Waals surface area contributed by atoms with Crippen LogP contribution in [-0.4, -0.2) is 52.1 Å². The summed E-state index contributed by atoms with van der Waals surface area (Å²) in [5.74, 6) is -0.00679. The Labute approximate surface area is 239 Å². The smallest absolute Gasteiger partial charge is 0.320 e.